The molecule has 17 heavy (non-hydrogen) atoms. The van der Waals surface area contributed by atoms with Gasteiger partial charge in [0.1, 0.15) is 0 Å². The molecule has 1 N–H and O–H groups in total. The van der Waals surface area contributed by atoms with Gasteiger partial charge in [0.2, 0.25) is 11.8 Å². The molecule has 1 aromatic carbocycles. The van der Waals surface area contributed by atoms with Gasteiger partial charge in [0.25, 0.3) is 0 Å². The molecule has 1 fully saturated rings. The minimum absolute atomic E-state index is 0.0215. The van der Waals surface area contributed by atoms with E-state index < -0.39 is 11.6 Å². The van der Waals surface area contributed by atoms with Crippen molar-refractivity contribution >= 4 is 17.5 Å². The summed E-state index contributed by atoms with van der Waals surface area (Å²) in [5, 5.41) is 9.05. The fourth-order valence-corrected chi connectivity index (χ4v) is 1.91. The molecule has 0 aromatic heterocycles. The molecule has 0 atom stereocenters. The molecule has 0 spiro atoms. The number of nitrogens with zero attached hydrogens (tertiary/aromatic N) is 1. The lowest BCUT2D eigenvalue weighted by Crippen LogP contribution is -2.42. The van der Waals surface area contributed by atoms with Crippen LogP contribution in [0.25, 0.3) is 0 Å². The van der Waals surface area contributed by atoms with E-state index in [4.69, 9.17) is 5.11 Å². The molecule has 0 radical (unpaired) electrons. The first-order chi connectivity index (χ1) is 7.99. The van der Waals surface area contributed by atoms with E-state index in [0.717, 1.165) is 17.0 Å². The van der Waals surface area contributed by atoms with Crippen molar-refractivity contribution in [1.82, 2.24) is 0 Å². The molecular formula is C12H12FNO3. The van der Waals surface area contributed by atoms with Gasteiger partial charge in [-0.2, -0.15) is 0 Å². The van der Waals surface area contributed by atoms with Crippen molar-refractivity contribution in [2.24, 2.45) is 5.92 Å². The lowest BCUT2D eigenvalue weighted by Gasteiger charge is -2.28. The molecule has 1 heterocycles. The Morgan fingerprint density at radius 1 is 1.29 bits per heavy atom. The SMILES string of the molecule is CC1CC(=O)N(c2ccc(O)c(F)c2)C(=O)C1. The van der Waals surface area contributed by atoms with Crippen LogP contribution in [0.4, 0.5) is 10.1 Å². The molecule has 1 aliphatic rings. The van der Waals surface area contributed by atoms with Crippen LogP contribution < -0.4 is 4.90 Å². The maximum atomic E-state index is 13.2. The molecule has 4 nitrogen and oxygen atoms in total. The summed E-state index contributed by atoms with van der Waals surface area (Å²) in [6, 6.07) is 3.47. The highest BCUT2D eigenvalue weighted by atomic mass is 19.1. The Labute approximate surface area is 97.7 Å². The second-order valence-corrected chi connectivity index (χ2v) is 4.27. The highest BCUT2D eigenvalue weighted by Crippen LogP contribution is 2.28. The van der Waals surface area contributed by atoms with Gasteiger partial charge in [0.05, 0.1) is 5.69 Å². The van der Waals surface area contributed by atoms with Gasteiger partial charge in [-0.1, -0.05) is 6.92 Å². The van der Waals surface area contributed by atoms with Crippen LogP contribution in [0.5, 0.6) is 5.75 Å². The zero-order valence-corrected chi connectivity index (χ0v) is 9.31. The van der Waals surface area contributed by atoms with Gasteiger partial charge in [0.15, 0.2) is 11.6 Å². The first kappa shape index (κ1) is 11.6. The van der Waals surface area contributed by atoms with Crippen LogP contribution in [0.3, 0.4) is 0 Å². The average Bonchev–Trinajstić information content (AvgIpc) is 2.21. The summed E-state index contributed by atoms with van der Waals surface area (Å²) < 4.78 is 13.2. The summed E-state index contributed by atoms with van der Waals surface area (Å²) in [5.74, 6) is -1.99. The number of halogens is 1. The molecule has 0 saturated carbocycles. The van der Waals surface area contributed by atoms with Gasteiger partial charge < -0.3 is 5.11 Å². The summed E-state index contributed by atoms with van der Waals surface area (Å²) in [4.78, 5) is 24.4. The lowest BCUT2D eigenvalue weighted by molar-refractivity contribution is -0.130. The number of benzene rings is 1. The van der Waals surface area contributed by atoms with Crippen molar-refractivity contribution in [1.29, 1.82) is 0 Å². The smallest absolute Gasteiger partial charge is 0.234 e. The second-order valence-electron chi connectivity index (χ2n) is 4.27. The Kier molecular flexibility index (Phi) is 2.83. The van der Waals surface area contributed by atoms with Crippen molar-refractivity contribution in [2.45, 2.75) is 19.8 Å². The fraction of sp³-hybridized carbons (Fsp3) is 0.333. The summed E-state index contributed by atoms with van der Waals surface area (Å²) >= 11 is 0. The van der Waals surface area contributed by atoms with E-state index in [0.29, 0.717) is 0 Å². The number of piperidine rings is 1. The van der Waals surface area contributed by atoms with Crippen molar-refractivity contribution in [3.63, 3.8) is 0 Å². The van der Waals surface area contributed by atoms with Crippen LogP contribution in [-0.4, -0.2) is 16.9 Å². The highest BCUT2D eigenvalue weighted by Gasteiger charge is 2.31. The van der Waals surface area contributed by atoms with Crippen LogP contribution in [0.1, 0.15) is 19.8 Å². The number of hydrogen-bond donors (Lipinski definition) is 1. The number of imide groups is 1. The Bertz CT molecular complexity index is 469. The molecule has 1 aliphatic heterocycles. The number of phenols is 1. The molecule has 2 rings (SSSR count). The van der Waals surface area contributed by atoms with Gasteiger partial charge in [-0.15, -0.1) is 0 Å². The number of carbonyl (C=O) groups is 2. The van der Waals surface area contributed by atoms with Gasteiger partial charge >= 0.3 is 0 Å². The van der Waals surface area contributed by atoms with Crippen molar-refractivity contribution in [2.75, 3.05) is 4.90 Å². The third-order valence-corrected chi connectivity index (χ3v) is 2.73. The van der Waals surface area contributed by atoms with E-state index in [9.17, 15) is 14.0 Å². The summed E-state index contributed by atoms with van der Waals surface area (Å²) in [6.07, 6.45) is 0.544. The van der Waals surface area contributed by atoms with Crippen LogP contribution in [-0.2, 0) is 9.59 Å². The van der Waals surface area contributed by atoms with Gasteiger partial charge in [-0.05, 0) is 18.1 Å². The summed E-state index contributed by atoms with van der Waals surface area (Å²) in [5.41, 5.74) is 0.169. The molecule has 2 amide bonds. The first-order valence-electron chi connectivity index (χ1n) is 5.33. The zero-order chi connectivity index (χ0) is 12.6. The molecule has 0 unspecified atom stereocenters. The van der Waals surface area contributed by atoms with Crippen LogP contribution in [0, 0.1) is 11.7 Å². The van der Waals surface area contributed by atoms with E-state index in [1.165, 1.54) is 6.07 Å². The van der Waals surface area contributed by atoms with Gasteiger partial charge in [-0.25, -0.2) is 4.39 Å². The third-order valence-electron chi connectivity index (χ3n) is 2.73. The van der Waals surface area contributed by atoms with Crippen molar-refractivity contribution < 1.29 is 19.1 Å². The van der Waals surface area contributed by atoms with Gasteiger partial charge in [-0.3, -0.25) is 14.5 Å². The lowest BCUT2D eigenvalue weighted by atomic mass is 9.97. The topological polar surface area (TPSA) is 57.6 Å². The quantitative estimate of drug-likeness (QED) is 0.758. The molecule has 90 valence electrons. The van der Waals surface area contributed by atoms with Crippen LogP contribution in [0.15, 0.2) is 18.2 Å². The predicted octanol–water partition coefficient (Wildman–Crippen LogP) is 1.82. The van der Waals surface area contributed by atoms with E-state index in [1.807, 2.05) is 6.92 Å². The molecule has 1 aromatic rings. The Hall–Kier alpha value is -1.91. The van der Waals surface area contributed by atoms with Crippen molar-refractivity contribution in [3.8, 4) is 5.75 Å². The minimum Gasteiger partial charge on any atom is -0.505 e. The normalized spacial score (nSPS) is 17.6. The number of anilines is 1. The third kappa shape index (κ3) is 2.13. The molecule has 5 heteroatoms. The first-order valence-corrected chi connectivity index (χ1v) is 5.33. The second kappa shape index (κ2) is 4.16. The number of rotatable bonds is 1. The zero-order valence-electron chi connectivity index (χ0n) is 9.31. The predicted molar refractivity (Wildman–Crippen MR) is 59.0 cm³/mol. The largest absolute Gasteiger partial charge is 0.505 e. The highest BCUT2D eigenvalue weighted by molar-refractivity contribution is 6.16. The maximum Gasteiger partial charge on any atom is 0.234 e. The van der Waals surface area contributed by atoms with Crippen LogP contribution in [0.2, 0.25) is 0 Å². The fourth-order valence-electron chi connectivity index (χ4n) is 1.91. The number of phenolic OH excluding ortho intramolecular Hbond substituents is 1. The van der Waals surface area contributed by atoms with Gasteiger partial charge in [0, 0.05) is 18.9 Å². The summed E-state index contributed by atoms with van der Waals surface area (Å²) in [6.45, 7) is 1.82. The van der Waals surface area contributed by atoms with E-state index in [1.54, 1.807) is 0 Å². The number of aromatic hydroxyl groups is 1. The molecule has 0 aliphatic carbocycles. The Balaban J connectivity index is 2.35. The average molecular weight is 237 g/mol. The number of hydrogen-bond acceptors (Lipinski definition) is 3. The van der Waals surface area contributed by atoms with E-state index >= 15 is 0 Å². The Morgan fingerprint density at radius 2 is 1.88 bits per heavy atom. The molecular weight excluding hydrogens is 225 g/mol. The number of amides is 2. The number of carbonyl (C=O) groups excluding carboxylic acids is 2. The standard InChI is InChI=1S/C12H12FNO3/c1-7-4-11(16)14(12(17)5-7)8-2-3-10(15)9(13)6-8/h2-3,6-7,15H,4-5H2,1H3. The minimum atomic E-state index is -0.846. The Morgan fingerprint density at radius 3 is 2.41 bits per heavy atom. The van der Waals surface area contributed by atoms with E-state index in [-0.39, 0.29) is 36.3 Å². The summed E-state index contributed by atoms with van der Waals surface area (Å²) in [7, 11) is 0. The molecule has 0 bridgehead atoms. The van der Waals surface area contributed by atoms with E-state index in [2.05, 4.69) is 0 Å². The molecule has 1 saturated heterocycles. The van der Waals surface area contributed by atoms with Crippen molar-refractivity contribution in [3.05, 3.63) is 24.0 Å². The maximum absolute atomic E-state index is 13.2. The van der Waals surface area contributed by atoms with Crippen LogP contribution >= 0.6 is 0 Å². The monoisotopic (exact) mass is 237 g/mol.